The zero-order chi connectivity index (χ0) is 11.0. The van der Waals surface area contributed by atoms with Crippen LogP contribution in [0.1, 0.15) is 23.2 Å². The fourth-order valence-corrected chi connectivity index (χ4v) is 3.21. The highest BCUT2D eigenvalue weighted by atomic mass is 32.1. The number of Topliss-reactive ketones (excluding diaryl/α,β-unsaturated/α-hetero) is 1. The molecule has 0 saturated carbocycles. The summed E-state index contributed by atoms with van der Waals surface area (Å²) < 4.78 is 1.20. The Hall–Kier alpha value is -1.19. The van der Waals surface area contributed by atoms with Crippen LogP contribution in [-0.2, 0) is 0 Å². The molecule has 0 radical (unpaired) electrons. The molecular weight excluding hydrogens is 218 g/mol. The SMILES string of the molecule is O=C(c1csc2ccccc12)C1CCCN1. The van der Waals surface area contributed by atoms with Crippen molar-refractivity contribution < 1.29 is 4.79 Å². The Balaban J connectivity index is 2.02. The van der Waals surface area contributed by atoms with Gasteiger partial charge in [-0.2, -0.15) is 0 Å². The van der Waals surface area contributed by atoms with Gasteiger partial charge in [-0.15, -0.1) is 11.3 Å². The van der Waals surface area contributed by atoms with Gasteiger partial charge in [0, 0.05) is 21.0 Å². The van der Waals surface area contributed by atoms with Crippen LogP contribution in [0.5, 0.6) is 0 Å². The number of hydrogen-bond acceptors (Lipinski definition) is 3. The molecule has 1 aromatic heterocycles. The normalized spacial score (nSPS) is 20.4. The molecule has 0 bridgehead atoms. The molecule has 1 fully saturated rings. The fraction of sp³-hybridized carbons (Fsp3) is 0.308. The minimum atomic E-state index is 0.0398. The summed E-state index contributed by atoms with van der Waals surface area (Å²) in [6, 6.07) is 8.15. The summed E-state index contributed by atoms with van der Waals surface area (Å²) in [4.78, 5) is 12.3. The van der Waals surface area contributed by atoms with E-state index in [0.717, 1.165) is 30.3 Å². The third kappa shape index (κ3) is 1.56. The molecule has 1 saturated heterocycles. The van der Waals surface area contributed by atoms with Crippen LogP contribution in [0.3, 0.4) is 0 Å². The van der Waals surface area contributed by atoms with Crippen molar-refractivity contribution in [3.63, 3.8) is 0 Å². The summed E-state index contributed by atoms with van der Waals surface area (Å²) in [5, 5.41) is 6.36. The molecule has 1 N–H and O–H groups in total. The van der Waals surface area contributed by atoms with Crippen molar-refractivity contribution in [2.75, 3.05) is 6.54 Å². The third-order valence-corrected chi connectivity index (χ3v) is 4.09. The van der Waals surface area contributed by atoms with E-state index in [1.807, 2.05) is 23.6 Å². The quantitative estimate of drug-likeness (QED) is 0.805. The molecule has 0 amide bonds. The predicted molar refractivity (Wildman–Crippen MR) is 67.2 cm³/mol. The minimum Gasteiger partial charge on any atom is -0.307 e. The Labute approximate surface area is 98.3 Å². The molecule has 3 rings (SSSR count). The highest BCUT2D eigenvalue weighted by molar-refractivity contribution is 7.17. The first-order valence-corrected chi connectivity index (χ1v) is 6.48. The van der Waals surface area contributed by atoms with Gasteiger partial charge in [0.2, 0.25) is 0 Å². The van der Waals surface area contributed by atoms with Crippen molar-refractivity contribution >= 4 is 27.2 Å². The van der Waals surface area contributed by atoms with Crippen molar-refractivity contribution in [2.24, 2.45) is 0 Å². The van der Waals surface area contributed by atoms with Gasteiger partial charge in [-0.25, -0.2) is 0 Å². The van der Waals surface area contributed by atoms with Crippen LogP contribution < -0.4 is 5.32 Å². The molecule has 1 aliphatic rings. The number of benzene rings is 1. The second-order valence-corrected chi connectivity index (χ2v) is 5.07. The Bertz CT molecular complexity index is 525. The first-order valence-electron chi connectivity index (χ1n) is 5.60. The zero-order valence-corrected chi connectivity index (χ0v) is 9.72. The predicted octanol–water partition coefficient (Wildman–Crippen LogP) is 2.84. The van der Waals surface area contributed by atoms with Crippen LogP contribution >= 0.6 is 11.3 Å². The number of hydrogen-bond donors (Lipinski definition) is 1. The van der Waals surface area contributed by atoms with Crippen LogP contribution in [0, 0.1) is 0 Å². The number of ketones is 1. The Morgan fingerprint density at radius 3 is 3.06 bits per heavy atom. The minimum absolute atomic E-state index is 0.0398. The third-order valence-electron chi connectivity index (χ3n) is 3.12. The van der Waals surface area contributed by atoms with Crippen LogP contribution in [-0.4, -0.2) is 18.4 Å². The van der Waals surface area contributed by atoms with E-state index in [4.69, 9.17) is 0 Å². The lowest BCUT2D eigenvalue weighted by Gasteiger charge is -2.07. The molecule has 1 aromatic carbocycles. The number of fused-ring (bicyclic) bond motifs is 1. The molecule has 1 aliphatic heterocycles. The lowest BCUT2D eigenvalue weighted by molar-refractivity contribution is 0.0954. The second kappa shape index (κ2) is 4.00. The molecule has 2 heterocycles. The van der Waals surface area contributed by atoms with E-state index in [1.54, 1.807) is 11.3 Å². The van der Waals surface area contributed by atoms with Gasteiger partial charge in [0.05, 0.1) is 6.04 Å². The first-order chi connectivity index (χ1) is 7.86. The second-order valence-electron chi connectivity index (χ2n) is 4.16. The van der Waals surface area contributed by atoms with E-state index in [-0.39, 0.29) is 11.8 Å². The first kappa shape index (κ1) is 10.00. The van der Waals surface area contributed by atoms with Gasteiger partial charge in [-0.1, -0.05) is 18.2 Å². The Kier molecular flexibility index (Phi) is 2.50. The molecule has 1 unspecified atom stereocenters. The van der Waals surface area contributed by atoms with Gasteiger partial charge in [-0.3, -0.25) is 4.79 Å². The molecule has 0 aliphatic carbocycles. The molecule has 2 nitrogen and oxygen atoms in total. The van der Waals surface area contributed by atoms with Crippen LogP contribution in [0.2, 0.25) is 0 Å². The molecule has 1 atom stereocenters. The standard InChI is InChI=1S/C13H13NOS/c15-13(11-5-3-7-14-11)10-8-16-12-6-2-1-4-9(10)12/h1-2,4,6,8,11,14H,3,5,7H2. The molecule has 3 heteroatoms. The lowest BCUT2D eigenvalue weighted by Crippen LogP contribution is -2.30. The van der Waals surface area contributed by atoms with E-state index < -0.39 is 0 Å². The van der Waals surface area contributed by atoms with Crippen molar-refractivity contribution in [1.82, 2.24) is 5.32 Å². The van der Waals surface area contributed by atoms with E-state index >= 15 is 0 Å². The zero-order valence-electron chi connectivity index (χ0n) is 8.90. The fourth-order valence-electron chi connectivity index (χ4n) is 2.26. The maximum absolute atomic E-state index is 12.3. The van der Waals surface area contributed by atoms with Gasteiger partial charge < -0.3 is 5.32 Å². The van der Waals surface area contributed by atoms with E-state index in [1.165, 1.54) is 4.70 Å². The molecule has 82 valence electrons. The van der Waals surface area contributed by atoms with E-state index in [0.29, 0.717) is 0 Å². The molecule has 16 heavy (non-hydrogen) atoms. The maximum atomic E-state index is 12.3. The largest absolute Gasteiger partial charge is 0.307 e. The summed E-state index contributed by atoms with van der Waals surface area (Å²) in [6.07, 6.45) is 2.08. The van der Waals surface area contributed by atoms with Crippen molar-refractivity contribution in [3.8, 4) is 0 Å². The van der Waals surface area contributed by atoms with Gasteiger partial charge in [-0.05, 0) is 25.5 Å². The van der Waals surface area contributed by atoms with Gasteiger partial charge in [0.15, 0.2) is 5.78 Å². The number of carbonyl (C=O) groups is 1. The molecule has 2 aromatic rings. The summed E-state index contributed by atoms with van der Waals surface area (Å²) in [5.41, 5.74) is 0.889. The highest BCUT2D eigenvalue weighted by Gasteiger charge is 2.24. The lowest BCUT2D eigenvalue weighted by atomic mass is 10.0. The van der Waals surface area contributed by atoms with Crippen LogP contribution in [0.25, 0.3) is 10.1 Å². The summed E-state index contributed by atoms with van der Waals surface area (Å²) in [5.74, 6) is 0.259. The summed E-state index contributed by atoms with van der Waals surface area (Å²) in [7, 11) is 0. The molecular formula is C13H13NOS. The number of rotatable bonds is 2. The van der Waals surface area contributed by atoms with Crippen molar-refractivity contribution in [2.45, 2.75) is 18.9 Å². The average Bonchev–Trinajstić information content (AvgIpc) is 2.98. The topological polar surface area (TPSA) is 29.1 Å². The maximum Gasteiger partial charge on any atom is 0.181 e. The highest BCUT2D eigenvalue weighted by Crippen LogP contribution is 2.27. The number of thiophene rings is 1. The monoisotopic (exact) mass is 231 g/mol. The Morgan fingerprint density at radius 2 is 2.25 bits per heavy atom. The van der Waals surface area contributed by atoms with E-state index in [2.05, 4.69) is 11.4 Å². The van der Waals surface area contributed by atoms with Crippen molar-refractivity contribution in [1.29, 1.82) is 0 Å². The smallest absolute Gasteiger partial charge is 0.181 e. The summed E-state index contributed by atoms with van der Waals surface area (Å²) >= 11 is 1.65. The van der Waals surface area contributed by atoms with Crippen LogP contribution in [0.4, 0.5) is 0 Å². The van der Waals surface area contributed by atoms with Crippen LogP contribution in [0.15, 0.2) is 29.6 Å². The Morgan fingerprint density at radius 1 is 1.38 bits per heavy atom. The van der Waals surface area contributed by atoms with Gasteiger partial charge in [0.25, 0.3) is 0 Å². The summed E-state index contributed by atoms with van der Waals surface area (Å²) in [6.45, 7) is 0.971. The number of carbonyl (C=O) groups excluding carboxylic acids is 1. The van der Waals surface area contributed by atoms with Crippen molar-refractivity contribution in [3.05, 3.63) is 35.2 Å². The number of nitrogens with one attached hydrogen (secondary N) is 1. The molecule has 0 spiro atoms. The average molecular weight is 231 g/mol. The van der Waals surface area contributed by atoms with E-state index in [9.17, 15) is 4.79 Å². The van der Waals surface area contributed by atoms with Gasteiger partial charge >= 0.3 is 0 Å². The van der Waals surface area contributed by atoms with Gasteiger partial charge in [0.1, 0.15) is 0 Å².